The maximum atomic E-state index is 11.3. The number of nitrogens with zero attached hydrogens (tertiary/aromatic N) is 2. The van der Waals surface area contributed by atoms with Gasteiger partial charge in [-0.25, -0.2) is 0 Å². The molecule has 0 bridgehead atoms. The van der Waals surface area contributed by atoms with Gasteiger partial charge in [-0.1, -0.05) is 23.7 Å². The topological polar surface area (TPSA) is 69.2 Å². The minimum absolute atomic E-state index is 0.558. The van der Waals surface area contributed by atoms with Crippen molar-refractivity contribution in [3.05, 3.63) is 41.0 Å². The van der Waals surface area contributed by atoms with Crippen LogP contribution in [0.4, 0.5) is 0 Å². The Kier molecular flexibility index (Phi) is 3.93. The molecule has 0 saturated carbocycles. The summed E-state index contributed by atoms with van der Waals surface area (Å²) in [6, 6.07) is 7.61. The Balaban J connectivity index is 1.78. The quantitative estimate of drug-likeness (QED) is 0.909. The van der Waals surface area contributed by atoms with Gasteiger partial charge in [-0.05, 0) is 32.0 Å². The van der Waals surface area contributed by atoms with Crippen molar-refractivity contribution < 1.29 is 9.90 Å². The van der Waals surface area contributed by atoms with Crippen molar-refractivity contribution in [3.8, 4) is 11.3 Å². The third-order valence-electron chi connectivity index (χ3n) is 4.29. The number of hydrogen-bond donors (Lipinski definition) is 2. The molecule has 1 aromatic carbocycles. The number of hydrogen-bond acceptors (Lipinski definition) is 3. The van der Waals surface area contributed by atoms with E-state index in [-0.39, 0.29) is 0 Å². The molecular formula is C16H18ClN3O2. The standard InChI is InChI=1S/C16H18ClN3O2/c1-16(15(21)22)5-6-20(10-16)9-12-8-18-19-14(12)11-3-2-4-13(17)7-11/h2-4,7-8H,5-6,9-10H2,1H3,(H,18,19)(H,21,22). The molecule has 6 heteroatoms. The van der Waals surface area contributed by atoms with Gasteiger partial charge in [0.05, 0.1) is 17.3 Å². The zero-order valence-corrected chi connectivity index (χ0v) is 13.1. The summed E-state index contributed by atoms with van der Waals surface area (Å²) in [6.07, 6.45) is 2.47. The summed E-state index contributed by atoms with van der Waals surface area (Å²) in [5.74, 6) is -0.725. The molecule has 1 aliphatic rings. The van der Waals surface area contributed by atoms with Crippen LogP contribution >= 0.6 is 11.6 Å². The maximum absolute atomic E-state index is 11.3. The average Bonchev–Trinajstić information content (AvgIpc) is 3.07. The number of nitrogens with one attached hydrogen (secondary N) is 1. The van der Waals surface area contributed by atoms with E-state index in [0.29, 0.717) is 24.5 Å². The Hall–Kier alpha value is -1.85. The van der Waals surface area contributed by atoms with Gasteiger partial charge < -0.3 is 5.11 Å². The van der Waals surface area contributed by atoms with E-state index in [1.807, 2.05) is 31.2 Å². The maximum Gasteiger partial charge on any atom is 0.310 e. The molecule has 5 nitrogen and oxygen atoms in total. The first-order chi connectivity index (χ1) is 10.5. The lowest BCUT2D eigenvalue weighted by Crippen LogP contribution is -2.31. The summed E-state index contributed by atoms with van der Waals surface area (Å²) in [6.45, 7) is 3.83. The predicted octanol–water partition coefficient (Wildman–Crippen LogP) is 3.03. The number of halogens is 1. The van der Waals surface area contributed by atoms with Crippen molar-refractivity contribution in [3.63, 3.8) is 0 Å². The van der Waals surface area contributed by atoms with Crippen molar-refractivity contribution in [1.82, 2.24) is 15.1 Å². The summed E-state index contributed by atoms with van der Waals surface area (Å²) in [5.41, 5.74) is 2.32. The Morgan fingerprint density at radius 3 is 3.05 bits per heavy atom. The lowest BCUT2D eigenvalue weighted by atomic mass is 9.90. The van der Waals surface area contributed by atoms with Gasteiger partial charge in [-0.3, -0.25) is 14.8 Å². The Morgan fingerprint density at radius 2 is 2.36 bits per heavy atom. The zero-order valence-electron chi connectivity index (χ0n) is 12.3. The molecule has 1 atom stereocenters. The fraction of sp³-hybridized carbons (Fsp3) is 0.375. The van der Waals surface area contributed by atoms with E-state index in [0.717, 1.165) is 23.4 Å². The molecule has 116 valence electrons. The van der Waals surface area contributed by atoms with Crippen molar-refractivity contribution >= 4 is 17.6 Å². The number of aromatic nitrogens is 2. The highest BCUT2D eigenvalue weighted by molar-refractivity contribution is 6.30. The number of H-pyrrole nitrogens is 1. The summed E-state index contributed by atoms with van der Waals surface area (Å²) in [5, 5.41) is 17.1. The largest absolute Gasteiger partial charge is 0.481 e. The molecule has 1 aromatic heterocycles. The summed E-state index contributed by atoms with van der Waals surface area (Å²) < 4.78 is 0. The SMILES string of the molecule is CC1(C(=O)O)CCN(Cc2cn[nH]c2-c2cccc(Cl)c2)C1. The van der Waals surface area contributed by atoms with E-state index in [2.05, 4.69) is 15.1 Å². The fourth-order valence-electron chi connectivity index (χ4n) is 2.93. The number of aromatic amines is 1. The van der Waals surface area contributed by atoms with E-state index in [9.17, 15) is 9.90 Å². The number of benzene rings is 1. The van der Waals surface area contributed by atoms with Crippen LogP contribution in [-0.4, -0.2) is 39.3 Å². The number of likely N-dealkylation sites (tertiary alicyclic amines) is 1. The number of carboxylic acid groups (broad SMARTS) is 1. The lowest BCUT2D eigenvalue weighted by molar-refractivity contribution is -0.147. The van der Waals surface area contributed by atoms with Crippen LogP contribution in [0.1, 0.15) is 18.9 Å². The minimum Gasteiger partial charge on any atom is -0.481 e. The molecule has 1 saturated heterocycles. The highest BCUT2D eigenvalue weighted by Gasteiger charge is 2.40. The second-order valence-electron chi connectivity index (χ2n) is 6.11. The van der Waals surface area contributed by atoms with Crippen LogP contribution in [0.3, 0.4) is 0 Å². The van der Waals surface area contributed by atoms with Gasteiger partial charge in [0.15, 0.2) is 0 Å². The number of carboxylic acids is 1. The molecule has 0 radical (unpaired) electrons. The number of aliphatic carboxylic acids is 1. The molecule has 0 amide bonds. The van der Waals surface area contributed by atoms with Crippen molar-refractivity contribution in [1.29, 1.82) is 0 Å². The first-order valence-electron chi connectivity index (χ1n) is 7.22. The molecular weight excluding hydrogens is 302 g/mol. The molecule has 0 spiro atoms. The molecule has 3 rings (SSSR count). The van der Waals surface area contributed by atoms with Crippen LogP contribution in [0, 0.1) is 5.41 Å². The molecule has 0 aliphatic carbocycles. The van der Waals surface area contributed by atoms with Crippen LogP contribution in [-0.2, 0) is 11.3 Å². The van der Waals surface area contributed by atoms with Gasteiger partial charge in [-0.2, -0.15) is 5.10 Å². The van der Waals surface area contributed by atoms with Gasteiger partial charge >= 0.3 is 5.97 Å². The third kappa shape index (κ3) is 2.87. The second kappa shape index (κ2) is 5.74. The first kappa shape index (κ1) is 15.1. The van der Waals surface area contributed by atoms with Gasteiger partial charge in [0.2, 0.25) is 0 Å². The molecule has 1 unspecified atom stereocenters. The van der Waals surface area contributed by atoms with Crippen LogP contribution in [0.25, 0.3) is 11.3 Å². The third-order valence-corrected chi connectivity index (χ3v) is 4.53. The molecule has 1 fully saturated rings. The minimum atomic E-state index is -0.725. The van der Waals surface area contributed by atoms with Crippen LogP contribution < -0.4 is 0 Å². The van der Waals surface area contributed by atoms with E-state index < -0.39 is 11.4 Å². The van der Waals surface area contributed by atoms with E-state index in [1.54, 1.807) is 6.20 Å². The first-order valence-corrected chi connectivity index (χ1v) is 7.60. The second-order valence-corrected chi connectivity index (χ2v) is 6.54. The Morgan fingerprint density at radius 1 is 1.55 bits per heavy atom. The van der Waals surface area contributed by atoms with Crippen LogP contribution in [0.2, 0.25) is 5.02 Å². The fourth-order valence-corrected chi connectivity index (χ4v) is 3.12. The molecule has 1 aliphatic heterocycles. The molecule has 22 heavy (non-hydrogen) atoms. The monoisotopic (exact) mass is 319 g/mol. The number of carbonyl (C=O) groups is 1. The van der Waals surface area contributed by atoms with Gasteiger partial charge in [0, 0.05) is 29.2 Å². The lowest BCUT2D eigenvalue weighted by Gasteiger charge is -2.20. The van der Waals surface area contributed by atoms with E-state index in [4.69, 9.17) is 11.6 Å². The van der Waals surface area contributed by atoms with Crippen molar-refractivity contribution in [2.24, 2.45) is 5.41 Å². The van der Waals surface area contributed by atoms with E-state index in [1.165, 1.54) is 0 Å². The Bertz CT molecular complexity index is 700. The molecule has 2 N–H and O–H groups in total. The van der Waals surface area contributed by atoms with E-state index >= 15 is 0 Å². The van der Waals surface area contributed by atoms with Gasteiger partial charge in [0.25, 0.3) is 0 Å². The smallest absolute Gasteiger partial charge is 0.310 e. The predicted molar refractivity (Wildman–Crippen MR) is 84.7 cm³/mol. The Labute approximate surface area is 133 Å². The van der Waals surface area contributed by atoms with Gasteiger partial charge in [-0.15, -0.1) is 0 Å². The van der Waals surface area contributed by atoms with Gasteiger partial charge in [0.1, 0.15) is 0 Å². The summed E-state index contributed by atoms with van der Waals surface area (Å²) in [4.78, 5) is 13.5. The van der Waals surface area contributed by atoms with Crippen molar-refractivity contribution in [2.45, 2.75) is 19.9 Å². The normalized spacial score (nSPS) is 22.1. The van der Waals surface area contributed by atoms with Crippen LogP contribution in [0.5, 0.6) is 0 Å². The highest BCUT2D eigenvalue weighted by atomic mass is 35.5. The number of rotatable bonds is 4. The average molecular weight is 320 g/mol. The summed E-state index contributed by atoms with van der Waals surface area (Å²) in [7, 11) is 0. The molecule has 2 heterocycles. The molecule has 2 aromatic rings. The summed E-state index contributed by atoms with van der Waals surface area (Å²) >= 11 is 6.05. The highest BCUT2D eigenvalue weighted by Crippen LogP contribution is 2.32. The van der Waals surface area contributed by atoms with Crippen molar-refractivity contribution in [2.75, 3.05) is 13.1 Å². The van der Waals surface area contributed by atoms with Crippen LogP contribution in [0.15, 0.2) is 30.5 Å². The zero-order chi connectivity index (χ0) is 15.7.